The van der Waals surface area contributed by atoms with Crippen molar-refractivity contribution in [3.63, 3.8) is 0 Å². The molecule has 0 bridgehead atoms. The van der Waals surface area contributed by atoms with Gasteiger partial charge in [0.15, 0.2) is 0 Å². The maximum absolute atomic E-state index is 11.9. The van der Waals surface area contributed by atoms with E-state index in [1.54, 1.807) is 6.20 Å². The molecular weight excluding hydrogens is 256 g/mol. The first-order valence-corrected chi connectivity index (χ1v) is 6.36. The lowest BCUT2D eigenvalue weighted by molar-refractivity contribution is 0.266. The molecule has 0 saturated carbocycles. The van der Waals surface area contributed by atoms with Gasteiger partial charge in [0.2, 0.25) is 0 Å². The number of nitrogens with zero attached hydrogens (tertiary/aromatic N) is 3. The van der Waals surface area contributed by atoms with Crippen molar-refractivity contribution in [2.45, 2.75) is 19.5 Å². The predicted molar refractivity (Wildman–Crippen MR) is 70.3 cm³/mol. The van der Waals surface area contributed by atoms with E-state index in [1.165, 1.54) is 4.68 Å². The highest BCUT2D eigenvalue weighted by Gasteiger charge is 2.20. The van der Waals surface area contributed by atoms with Gasteiger partial charge in [-0.15, -0.1) is 0 Å². The van der Waals surface area contributed by atoms with Crippen molar-refractivity contribution in [3.8, 4) is 0 Å². The number of aliphatic hydroxyl groups is 1. The van der Waals surface area contributed by atoms with Crippen molar-refractivity contribution in [1.82, 2.24) is 15.1 Å². The molecule has 7 heteroatoms. The summed E-state index contributed by atoms with van der Waals surface area (Å²) in [5.41, 5.74) is 0.318. The van der Waals surface area contributed by atoms with Crippen LogP contribution in [-0.2, 0) is 6.54 Å². The van der Waals surface area contributed by atoms with Gasteiger partial charge in [-0.25, -0.2) is 4.68 Å². The third kappa shape index (κ3) is 2.66. The molecule has 2 rings (SSSR count). The van der Waals surface area contributed by atoms with Crippen LogP contribution >= 0.6 is 11.6 Å². The van der Waals surface area contributed by atoms with Gasteiger partial charge in [0, 0.05) is 25.7 Å². The van der Waals surface area contributed by atoms with Crippen LogP contribution in [0.15, 0.2) is 11.0 Å². The lowest BCUT2D eigenvalue weighted by Crippen LogP contribution is -2.49. The smallest absolute Gasteiger partial charge is 0.287 e. The first kappa shape index (κ1) is 13.3. The molecule has 0 spiro atoms. The molecule has 1 fully saturated rings. The average Bonchev–Trinajstić information content (AvgIpc) is 2.35. The number of piperazine rings is 1. The molecule has 1 atom stereocenters. The molecule has 1 aromatic heterocycles. The van der Waals surface area contributed by atoms with Crippen LogP contribution < -0.4 is 15.8 Å². The summed E-state index contributed by atoms with van der Waals surface area (Å²) in [6, 6.07) is 0.356. The molecule has 100 valence electrons. The van der Waals surface area contributed by atoms with E-state index in [0.29, 0.717) is 11.7 Å². The Labute approximate surface area is 110 Å². The molecule has 0 amide bonds. The van der Waals surface area contributed by atoms with Gasteiger partial charge in [0.05, 0.1) is 25.0 Å². The Morgan fingerprint density at radius 1 is 1.67 bits per heavy atom. The lowest BCUT2D eigenvalue weighted by atomic mass is 10.2. The molecule has 0 radical (unpaired) electrons. The van der Waals surface area contributed by atoms with Crippen LogP contribution in [0.1, 0.15) is 6.92 Å². The first-order valence-electron chi connectivity index (χ1n) is 5.98. The van der Waals surface area contributed by atoms with Crippen molar-refractivity contribution < 1.29 is 5.11 Å². The van der Waals surface area contributed by atoms with Crippen LogP contribution in [0.3, 0.4) is 0 Å². The minimum atomic E-state index is -0.352. The molecular formula is C11H17ClN4O2. The summed E-state index contributed by atoms with van der Waals surface area (Å²) in [6.45, 7) is 4.57. The van der Waals surface area contributed by atoms with E-state index < -0.39 is 0 Å². The zero-order chi connectivity index (χ0) is 13.1. The topological polar surface area (TPSA) is 70.4 Å². The van der Waals surface area contributed by atoms with Crippen molar-refractivity contribution in [1.29, 1.82) is 0 Å². The van der Waals surface area contributed by atoms with Crippen LogP contribution in [0.5, 0.6) is 0 Å². The van der Waals surface area contributed by atoms with Gasteiger partial charge in [-0.3, -0.25) is 4.79 Å². The van der Waals surface area contributed by atoms with E-state index >= 15 is 0 Å². The number of aliphatic hydroxyl groups excluding tert-OH is 1. The second kappa shape index (κ2) is 5.69. The molecule has 1 aromatic rings. The van der Waals surface area contributed by atoms with E-state index in [9.17, 15) is 4.79 Å². The highest BCUT2D eigenvalue weighted by molar-refractivity contribution is 6.33. The van der Waals surface area contributed by atoms with Gasteiger partial charge in [-0.2, -0.15) is 5.10 Å². The Morgan fingerprint density at radius 2 is 2.44 bits per heavy atom. The maximum Gasteiger partial charge on any atom is 0.287 e. The number of hydrogen-bond donors (Lipinski definition) is 2. The number of halogens is 1. The maximum atomic E-state index is 11.9. The Morgan fingerprint density at radius 3 is 3.11 bits per heavy atom. The van der Waals surface area contributed by atoms with Gasteiger partial charge < -0.3 is 15.3 Å². The molecule has 6 nitrogen and oxygen atoms in total. The van der Waals surface area contributed by atoms with E-state index in [4.69, 9.17) is 16.7 Å². The van der Waals surface area contributed by atoms with Crippen molar-refractivity contribution >= 4 is 17.3 Å². The van der Waals surface area contributed by atoms with Crippen molar-refractivity contribution in [2.24, 2.45) is 0 Å². The van der Waals surface area contributed by atoms with Gasteiger partial charge >= 0.3 is 0 Å². The fourth-order valence-electron chi connectivity index (χ4n) is 2.08. The van der Waals surface area contributed by atoms with Gasteiger partial charge in [-0.1, -0.05) is 11.6 Å². The molecule has 0 aromatic carbocycles. The molecule has 1 unspecified atom stereocenters. The van der Waals surface area contributed by atoms with E-state index in [-0.39, 0.29) is 23.7 Å². The van der Waals surface area contributed by atoms with Gasteiger partial charge in [0.1, 0.15) is 5.02 Å². The first-order chi connectivity index (χ1) is 8.63. The third-order valence-corrected chi connectivity index (χ3v) is 3.34. The van der Waals surface area contributed by atoms with Gasteiger partial charge in [0.25, 0.3) is 5.56 Å². The van der Waals surface area contributed by atoms with Gasteiger partial charge in [-0.05, 0) is 6.92 Å². The zero-order valence-corrected chi connectivity index (χ0v) is 11.0. The molecule has 1 aliphatic rings. The Balaban J connectivity index is 2.29. The molecule has 1 aliphatic heterocycles. The largest absolute Gasteiger partial charge is 0.394 e. The van der Waals surface area contributed by atoms with Crippen LogP contribution in [-0.4, -0.2) is 47.2 Å². The van der Waals surface area contributed by atoms with Crippen LogP contribution in [0.4, 0.5) is 5.69 Å². The quantitative estimate of drug-likeness (QED) is 0.790. The van der Waals surface area contributed by atoms with Crippen LogP contribution in [0, 0.1) is 0 Å². The summed E-state index contributed by atoms with van der Waals surface area (Å²) in [5, 5.41) is 16.4. The third-order valence-electron chi connectivity index (χ3n) is 2.99. The fraction of sp³-hybridized carbons (Fsp3) is 0.636. The standard InChI is InChI=1S/C11H17ClN4O2/c1-8-7-15(3-2-13-8)9-6-14-16(4-5-17)11(18)10(9)12/h6,8,13,17H,2-5,7H2,1H3. The average molecular weight is 273 g/mol. The lowest BCUT2D eigenvalue weighted by Gasteiger charge is -2.33. The summed E-state index contributed by atoms with van der Waals surface area (Å²) in [4.78, 5) is 14.0. The number of anilines is 1. The molecule has 18 heavy (non-hydrogen) atoms. The zero-order valence-electron chi connectivity index (χ0n) is 10.3. The summed E-state index contributed by atoms with van der Waals surface area (Å²) < 4.78 is 1.18. The highest BCUT2D eigenvalue weighted by Crippen LogP contribution is 2.21. The SMILES string of the molecule is CC1CN(c2cnn(CCO)c(=O)c2Cl)CCN1. The monoisotopic (exact) mass is 272 g/mol. The van der Waals surface area contributed by atoms with Crippen molar-refractivity contribution in [3.05, 3.63) is 21.6 Å². The molecule has 0 aliphatic carbocycles. The second-order valence-corrected chi connectivity index (χ2v) is 4.77. The summed E-state index contributed by atoms with van der Waals surface area (Å²) >= 11 is 6.10. The summed E-state index contributed by atoms with van der Waals surface area (Å²) in [7, 11) is 0. The number of rotatable bonds is 3. The summed E-state index contributed by atoms with van der Waals surface area (Å²) in [6.07, 6.45) is 1.59. The molecule has 2 N–H and O–H groups in total. The molecule has 2 heterocycles. The number of hydrogen-bond acceptors (Lipinski definition) is 5. The van der Waals surface area contributed by atoms with E-state index in [1.807, 2.05) is 0 Å². The van der Waals surface area contributed by atoms with Crippen LogP contribution in [0.2, 0.25) is 5.02 Å². The highest BCUT2D eigenvalue weighted by atomic mass is 35.5. The Kier molecular flexibility index (Phi) is 4.21. The van der Waals surface area contributed by atoms with Crippen LogP contribution in [0.25, 0.3) is 0 Å². The minimum Gasteiger partial charge on any atom is -0.394 e. The predicted octanol–water partition coefficient (Wildman–Crippen LogP) is -0.313. The van der Waals surface area contributed by atoms with E-state index in [2.05, 4.69) is 22.2 Å². The normalized spacial score (nSPS) is 20.2. The molecule has 1 saturated heterocycles. The number of nitrogens with one attached hydrogen (secondary N) is 1. The Hall–Kier alpha value is -1.11. The number of aromatic nitrogens is 2. The van der Waals surface area contributed by atoms with E-state index in [0.717, 1.165) is 19.6 Å². The fourth-order valence-corrected chi connectivity index (χ4v) is 2.35. The van der Waals surface area contributed by atoms with Crippen molar-refractivity contribution in [2.75, 3.05) is 31.1 Å². The second-order valence-electron chi connectivity index (χ2n) is 4.40. The minimum absolute atomic E-state index is 0.132. The Bertz CT molecular complexity index is 477. The summed E-state index contributed by atoms with van der Waals surface area (Å²) in [5.74, 6) is 0.